The summed E-state index contributed by atoms with van der Waals surface area (Å²) in [5, 5.41) is 0. The van der Waals surface area contributed by atoms with E-state index in [4.69, 9.17) is 0 Å². The molecule has 2 aliphatic heterocycles. The Hall–Kier alpha value is -1.66. The van der Waals surface area contributed by atoms with Gasteiger partial charge in [-0.25, -0.2) is 9.97 Å². The van der Waals surface area contributed by atoms with Crippen LogP contribution >= 0.6 is 0 Å². The highest BCUT2D eigenvalue weighted by Gasteiger charge is 2.18. The van der Waals surface area contributed by atoms with E-state index in [0.717, 1.165) is 69.6 Å². The molecule has 0 radical (unpaired) electrons. The molecule has 6 heteroatoms. The maximum absolute atomic E-state index is 4.56. The molecule has 1 aromatic rings. The minimum absolute atomic E-state index is 0.836. The van der Waals surface area contributed by atoms with Gasteiger partial charge in [0.15, 0.2) is 0 Å². The van der Waals surface area contributed by atoms with E-state index in [1.54, 1.807) is 0 Å². The summed E-state index contributed by atoms with van der Waals surface area (Å²) in [6.07, 6.45) is 3.84. The van der Waals surface area contributed by atoms with Crippen LogP contribution in [0.1, 0.15) is 5.56 Å². The smallest absolute Gasteiger partial charge is 0.225 e. The van der Waals surface area contributed by atoms with Crippen LogP contribution in [0.5, 0.6) is 0 Å². The average molecular weight is 302 g/mol. The summed E-state index contributed by atoms with van der Waals surface area (Å²) >= 11 is 0. The van der Waals surface area contributed by atoms with Crippen molar-refractivity contribution >= 4 is 11.6 Å². The Bertz CT molecular complexity index is 498. The summed E-state index contributed by atoms with van der Waals surface area (Å²) in [6, 6.07) is 0. The van der Waals surface area contributed by atoms with Gasteiger partial charge in [0, 0.05) is 76.0 Å². The summed E-state index contributed by atoms with van der Waals surface area (Å²) in [6.45, 7) is 12.6. The highest BCUT2D eigenvalue weighted by Crippen LogP contribution is 2.19. The third-order valence-electron chi connectivity index (χ3n) is 4.64. The van der Waals surface area contributed by atoms with Crippen LogP contribution in [0.25, 0.3) is 5.70 Å². The van der Waals surface area contributed by atoms with E-state index in [1.807, 2.05) is 12.4 Å². The van der Waals surface area contributed by atoms with Crippen molar-refractivity contribution < 1.29 is 0 Å². The third-order valence-corrected chi connectivity index (χ3v) is 4.64. The van der Waals surface area contributed by atoms with Crippen molar-refractivity contribution in [3.05, 3.63) is 24.5 Å². The second-order valence-corrected chi connectivity index (χ2v) is 6.30. The lowest BCUT2D eigenvalue weighted by Crippen LogP contribution is -2.45. The first-order chi connectivity index (χ1) is 10.6. The highest BCUT2D eigenvalue weighted by molar-refractivity contribution is 5.61. The molecule has 0 saturated carbocycles. The summed E-state index contributed by atoms with van der Waals surface area (Å²) in [7, 11) is 4.31. The second kappa shape index (κ2) is 6.62. The van der Waals surface area contributed by atoms with Crippen LogP contribution < -0.4 is 4.90 Å². The molecule has 2 fully saturated rings. The standard InChI is InChI=1S/C16H26N6/c1-14(21-8-4-19(2)5-9-21)15-12-17-16(18-13-15)22-10-6-20(3)7-11-22/h12-13H,1,4-11H2,2-3H3. The van der Waals surface area contributed by atoms with E-state index in [9.17, 15) is 0 Å². The number of rotatable bonds is 3. The van der Waals surface area contributed by atoms with Gasteiger partial charge in [-0.05, 0) is 14.1 Å². The van der Waals surface area contributed by atoms with Crippen LogP contribution in [0.4, 0.5) is 5.95 Å². The summed E-state index contributed by atoms with van der Waals surface area (Å²) in [4.78, 5) is 18.4. The summed E-state index contributed by atoms with van der Waals surface area (Å²) in [5.74, 6) is 0.836. The quantitative estimate of drug-likeness (QED) is 0.807. The molecule has 3 rings (SSSR count). The molecule has 0 unspecified atom stereocenters. The molecule has 0 aliphatic carbocycles. The molecule has 22 heavy (non-hydrogen) atoms. The van der Waals surface area contributed by atoms with Crippen molar-refractivity contribution in [1.29, 1.82) is 0 Å². The van der Waals surface area contributed by atoms with Gasteiger partial charge in [0.25, 0.3) is 0 Å². The van der Waals surface area contributed by atoms with Gasteiger partial charge in [-0.3, -0.25) is 0 Å². The van der Waals surface area contributed by atoms with Gasteiger partial charge in [-0.2, -0.15) is 0 Å². The molecule has 0 spiro atoms. The lowest BCUT2D eigenvalue weighted by Gasteiger charge is -2.35. The molecular weight excluding hydrogens is 276 g/mol. The minimum atomic E-state index is 0.836. The van der Waals surface area contributed by atoms with Crippen LogP contribution in [0.15, 0.2) is 19.0 Å². The van der Waals surface area contributed by atoms with Crippen molar-refractivity contribution in [2.75, 3.05) is 71.4 Å². The van der Waals surface area contributed by atoms with Crippen molar-refractivity contribution in [1.82, 2.24) is 24.7 Å². The number of aromatic nitrogens is 2. The van der Waals surface area contributed by atoms with E-state index < -0.39 is 0 Å². The molecule has 1 aromatic heterocycles. The fourth-order valence-electron chi connectivity index (χ4n) is 2.90. The van der Waals surface area contributed by atoms with Crippen LogP contribution in [-0.4, -0.2) is 91.1 Å². The number of anilines is 1. The highest BCUT2D eigenvalue weighted by atomic mass is 15.3. The second-order valence-electron chi connectivity index (χ2n) is 6.30. The van der Waals surface area contributed by atoms with E-state index in [2.05, 4.69) is 50.2 Å². The van der Waals surface area contributed by atoms with Crippen LogP contribution in [-0.2, 0) is 0 Å². The third kappa shape index (κ3) is 3.39. The van der Waals surface area contributed by atoms with Crippen molar-refractivity contribution in [3.63, 3.8) is 0 Å². The van der Waals surface area contributed by atoms with Crippen LogP contribution in [0.3, 0.4) is 0 Å². The Morgan fingerprint density at radius 2 is 1.36 bits per heavy atom. The molecule has 3 heterocycles. The monoisotopic (exact) mass is 302 g/mol. The SMILES string of the molecule is C=C(c1cnc(N2CCN(C)CC2)nc1)N1CCN(C)CC1. The zero-order valence-electron chi connectivity index (χ0n) is 13.7. The maximum atomic E-state index is 4.56. The first kappa shape index (κ1) is 15.2. The van der Waals surface area contributed by atoms with Gasteiger partial charge in [0.1, 0.15) is 0 Å². The Morgan fingerprint density at radius 3 is 1.91 bits per heavy atom. The number of hydrogen-bond acceptors (Lipinski definition) is 6. The summed E-state index contributed by atoms with van der Waals surface area (Å²) in [5.41, 5.74) is 2.07. The number of likely N-dealkylation sites (N-methyl/N-ethyl adjacent to an activating group) is 2. The zero-order chi connectivity index (χ0) is 15.5. The molecular formula is C16H26N6. The maximum Gasteiger partial charge on any atom is 0.225 e. The van der Waals surface area contributed by atoms with Crippen molar-refractivity contribution in [2.45, 2.75) is 0 Å². The normalized spacial score (nSPS) is 21.2. The van der Waals surface area contributed by atoms with E-state index in [-0.39, 0.29) is 0 Å². The lowest BCUT2D eigenvalue weighted by atomic mass is 10.2. The first-order valence-electron chi connectivity index (χ1n) is 8.02. The first-order valence-corrected chi connectivity index (χ1v) is 8.02. The average Bonchev–Trinajstić information content (AvgIpc) is 2.56. The Balaban J connectivity index is 1.62. The molecule has 0 amide bonds. The molecule has 0 bridgehead atoms. The van der Waals surface area contributed by atoms with Gasteiger partial charge < -0.3 is 19.6 Å². The van der Waals surface area contributed by atoms with Crippen LogP contribution in [0, 0.1) is 0 Å². The number of hydrogen-bond donors (Lipinski definition) is 0. The number of nitrogens with zero attached hydrogens (tertiary/aromatic N) is 6. The van der Waals surface area contributed by atoms with Gasteiger partial charge >= 0.3 is 0 Å². The Labute approximate surface area is 133 Å². The van der Waals surface area contributed by atoms with Gasteiger partial charge in [0.05, 0.1) is 0 Å². The summed E-state index contributed by atoms with van der Waals surface area (Å²) < 4.78 is 0. The molecule has 120 valence electrons. The fraction of sp³-hybridized carbons (Fsp3) is 0.625. The zero-order valence-corrected chi connectivity index (χ0v) is 13.7. The Morgan fingerprint density at radius 1 is 0.864 bits per heavy atom. The molecule has 0 N–H and O–H groups in total. The van der Waals surface area contributed by atoms with E-state index >= 15 is 0 Å². The lowest BCUT2D eigenvalue weighted by molar-refractivity contribution is 0.207. The molecule has 2 saturated heterocycles. The predicted octanol–water partition coefficient (Wildman–Crippen LogP) is 0.447. The van der Waals surface area contributed by atoms with Crippen LogP contribution in [0.2, 0.25) is 0 Å². The molecule has 2 aliphatic rings. The van der Waals surface area contributed by atoms with Crippen molar-refractivity contribution in [3.8, 4) is 0 Å². The van der Waals surface area contributed by atoms with E-state index in [1.165, 1.54) is 0 Å². The fourth-order valence-corrected chi connectivity index (χ4v) is 2.90. The molecule has 0 aromatic carbocycles. The van der Waals surface area contributed by atoms with Crippen molar-refractivity contribution in [2.24, 2.45) is 0 Å². The minimum Gasteiger partial charge on any atom is -0.369 e. The topological polar surface area (TPSA) is 38.7 Å². The number of piperazine rings is 2. The van der Waals surface area contributed by atoms with Gasteiger partial charge in [0.2, 0.25) is 5.95 Å². The largest absolute Gasteiger partial charge is 0.369 e. The molecule has 6 nitrogen and oxygen atoms in total. The van der Waals surface area contributed by atoms with Gasteiger partial charge in [-0.1, -0.05) is 6.58 Å². The molecule has 0 atom stereocenters. The Kier molecular flexibility index (Phi) is 4.59. The van der Waals surface area contributed by atoms with Gasteiger partial charge in [-0.15, -0.1) is 0 Å². The predicted molar refractivity (Wildman–Crippen MR) is 89.8 cm³/mol. The van der Waals surface area contributed by atoms with E-state index in [0.29, 0.717) is 0 Å².